The van der Waals surface area contributed by atoms with Crippen molar-refractivity contribution < 1.29 is 24.3 Å². The van der Waals surface area contributed by atoms with Crippen LogP contribution < -0.4 is 4.74 Å². The average Bonchev–Trinajstić information content (AvgIpc) is 2.72. The lowest BCUT2D eigenvalue weighted by atomic mass is 10.2. The summed E-state index contributed by atoms with van der Waals surface area (Å²) in [7, 11) is 0. The molecule has 0 atom stereocenters. The van der Waals surface area contributed by atoms with E-state index < -0.39 is 10.7 Å². The molecule has 1 saturated heterocycles. The van der Waals surface area contributed by atoms with Crippen molar-refractivity contribution in [1.29, 1.82) is 0 Å². The number of aromatic hydroxyl groups is 1. The van der Waals surface area contributed by atoms with Gasteiger partial charge in [-0.1, -0.05) is 0 Å². The standard InChI is InChI=1S/C19H19N3O6/c23-18-6-1-14(11-17(18)22(25)26)12-20-15-2-4-16(5-3-15)28-13-19(24)21-7-9-27-10-8-21/h1-6,11-12,23H,7-10,13H2. The minimum absolute atomic E-state index is 0.0419. The second-order valence-corrected chi connectivity index (χ2v) is 6.04. The van der Waals surface area contributed by atoms with Gasteiger partial charge in [-0.3, -0.25) is 19.9 Å². The monoisotopic (exact) mass is 385 g/mol. The number of carbonyl (C=O) groups is 1. The highest BCUT2D eigenvalue weighted by Crippen LogP contribution is 2.26. The van der Waals surface area contributed by atoms with Crippen LogP contribution in [0.2, 0.25) is 0 Å². The van der Waals surface area contributed by atoms with Crippen LogP contribution in [0.15, 0.2) is 47.5 Å². The SMILES string of the molecule is O=C(COc1ccc(N=Cc2ccc(O)c([N+](=O)[O-])c2)cc1)N1CCOCC1. The number of nitro benzene ring substituents is 1. The smallest absolute Gasteiger partial charge is 0.311 e. The molecule has 1 N–H and O–H groups in total. The summed E-state index contributed by atoms with van der Waals surface area (Å²) in [6.45, 7) is 2.20. The van der Waals surface area contributed by atoms with E-state index >= 15 is 0 Å². The Labute approximate surface area is 161 Å². The third-order valence-corrected chi connectivity index (χ3v) is 4.12. The van der Waals surface area contributed by atoms with Gasteiger partial charge in [0.15, 0.2) is 12.4 Å². The Morgan fingerprint density at radius 3 is 2.64 bits per heavy atom. The van der Waals surface area contributed by atoms with Crippen LogP contribution >= 0.6 is 0 Å². The van der Waals surface area contributed by atoms with Crippen LogP contribution in [0.25, 0.3) is 0 Å². The Morgan fingerprint density at radius 1 is 1.25 bits per heavy atom. The zero-order valence-electron chi connectivity index (χ0n) is 15.0. The fraction of sp³-hybridized carbons (Fsp3) is 0.263. The normalized spacial score (nSPS) is 14.2. The fourth-order valence-corrected chi connectivity index (χ4v) is 2.59. The molecular formula is C19H19N3O6. The number of aliphatic imine (C=N–C) groups is 1. The summed E-state index contributed by atoms with van der Waals surface area (Å²) in [6.07, 6.45) is 1.46. The maximum absolute atomic E-state index is 12.1. The molecule has 2 aromatic rings. The summed E-state index contributed by atoms with van der Waals surface area (Å²) >= 11 is 0. The third-order valence-electron chi connectivity index (χ3n) is 4.12. The van der Waals surface area contributed by atoms with Crippen molar-refractivity contribution in [2.75, 3.05) is 32.9 Å². The average molecular weight is 385 g/mol. The predicted octanol–water partition coefficient (Wildman–Crippen LogP) is 2.29. The number of benzene rings is 2. The number of hydrogen-bond acceptors (Lipinski definition) is 7. The lowest BCUT2D eigenvalue weighted by Gasteiger charge is -2.26. The van der Waals surface area contributed by atoms with Crippen LogP contribution in [-0.4, -0.2) is 60.0 Å². The summed E-state index contributed by atoms with van der Waals surface area (Å²) in [6, 6.07) is 10.8. The number of nitrogens with zero attached hydrogens (tertiary/aromatic N) is 3. The first kappa shape index (κ1) is 19.3. The van der Waals surface area contributed by atoms with Gasteiger partial charge < -0.3 is 19.5 Å². The molecule has 1 heterocycles. The van der Waals surface area contributed by atoms with E-state index in [1.807, 2.05) is 0 Å². The van der Waals surface area contributed by atoms with Crippen molar-refractivity contribution in [3.8, 4) is 11.5 Å². The fourth-order valence-electron chi connectivity index (χ4n) is 2.59. The first-order valence-electron chi connectivity index (χ1n) is 8.63. The zero-order chi connectivity index (χ0) is 19.9. The van der Waals surface area contributed by atoms with Crippen molar-refractivity contribution in [3.63, 3.8) is 0 Å². The summed E-state index contributed by atoms with van der Waals surface area (Å²) < 4.78 is 10.7. The molecular weight excluding hydrogens is 366 g/mol. The van der Waals surface area contributed by atoms with Crippen LogP contribution in [0.5, 0.6) is 11.5 Å². The second kappa shape index (κ2) is 8.96. The highest BCUT2D eigenvalue weighted by molar-refractivity contribution is 5.83. The first-order valence-corrected chi connectivity index (χ1v) is 8.63. The van der Waals surface area contributed by atoms with Gasteiger partial charge >= 0.3 is 5.69 Å². The minimum Gasteiger partial charge on any atom is -0.502 e. The van der Waals surface area contributed by atoms with Gasteiger partial charge in [0, 0.05) is 25.4 Å². The largest absolute Gasteiger partial charge is 0.502 e. The van der Waals surface area contributed by atoms with E-state index in [1.165, 1.54) is 24.4 Å². The Balaban J connectivity index is 1.57. The number of rotatable bonds is 6. The molecule has 1 fully saturated rings. The van der Waals surface area contributed by atoms with Crippen molar-refractivity contribution in [3.05, 3.63) is 58.1 Å². The molecule has 146 valence electrons. The summed E-state index contributed by atoms with van der Waals surface area (Å²) in [5.41, 5.74) is 0.723. The Bertz CT molecular complexity index is 876. The molecule has 3 rings (SSSR count). The van der Waals surface area contributed by atoms with E-state index in [-0.39, 0.29) is 18.2 Å². The molecule has 2 aromatic carbocycles. The Morgan fingerprint density at radius 2 is 1.96 bits per heavy atom. The highest BCUT2D eigenvalue weighted by Gasteiger charge is 2.17. The quantitative estimate of drug-likeness (QED) is 0.463. The lowest BCUT2D eigenvalue weighted by molar-refractivity contribution is -0.385. The maximum atomic E-state index is 12.1. The van der Waals surface area contributed by atoms with E-state index in [0.717, 1.165) is 0 Å². The summed E-state index contributed by atoms with van der Waals surface area (Å²) in [4.78, 5) is 28.2. The molecule has 0 spiro atoms. The minimum atomic E-state index is -0.656. The molecule has 0 bridgehead atoms. The number of hydrogen-bond donors (Lipinski definition) is 1. The summed E-state index contributed by atoms with van der Waals surface area (Å²) in [5.74, 6) is 0.0652. The molecule has 1 amide bonds. The van der Waals surface area contributed by atoms with Gasteiger partial charge in [-0.2, -0.15) is 0 Å². The number of phenols is 1. The van der Waals surface area contributed by atoms with Gasteiger partial charge in [0.25, 0.3) is 5.91 Å². The van der Waals surface area contributed by atoms with Gasteiger partial charge in [-0.05, 0) is 42.0 Å². The number of nitro groups is 1. The molecule has 0 unspecified atom stereocenters. The van der Waals surface area contributed by atoms with Crippen molar-refractivity contribution >= 4 is 23.5 Å². The van der Waals surface area contributed by atoms with E-state index in [4.69, 9.17) is 9.47 Å². The van der Waals surface area contributed by atoms with E-state index in [1.54, 1.807) is 29.2 Å². The number of ether oxygens (including phenoxy) is 2. The molecule has 1 aliphatic heterocycles. The number of phenolic OH excluding ortho intramolecular Hbond substituents is 1. The number of amides is 1. The number of carbonyl (C=O) groups excluding carboxylic acids is 1. The molecule has 9 heteroatoms. The van der Waals surface area contributed by atoms with Gasteiger partial charge in [0.1, 0.15) is 5.75 Å². The van der Waals surface area contributed by atoms with Crippen molar-refractivity contribution in [2.24, 2.45) is 4.99 Å². The zero-order valence-corrected chi connectivity index (χ0v) is 15.0. The molecule has 0 radical (unpaired) electrons. The topological polar surface area (TPSA) is 114 Å². The number of morpholine rings is 1. The second-order valence-electron chi connectivity index (χ2n) is 6.04. The molecule has 1 aliphatic rings. The van der Waals surface area contributed by atoms with Crippen LogP contribution in [0, 0.1) is 10.1 Å². The maximum Gasteiger partial charge on any atom is 0.311 e. The van der Waals surface area contributed by atoms with E-state index in [2.05, 4.69) is 4.99 Å². The first-order chi connectivity index (χ1) is 13.5. The molecule has 28 heavy (non-hydrogen) atoms. The Hall–Kier alpha value is -3.46. The molecule has 0 saturated carbocycles. The van der Waals surface area contributed by atoms with Gasteiger partial charge in [0.2, 0.25) is 0 Å². The lowest BCUT2D eigenvalue weighted by Crippen LogP contribution is -2.42. The van der Waals surface area contributed by atoms with Crippen molar-refractivity contribution in [1.82, 2.24) is 4.90 Å². The summed E-state index contributed by atoms with van der Waals surface area (Å²) in [5, 5.41) is 20.3. The molecule has 0 aromatic heterocycles. The third kappa shape index (κ3) is 5.04. The molecule has 0 aliphatic carbocycles. The van der Waals surface area contributed by atoms with Gasteiger partial charge in [-0.15, -0.1) is 0 Å². The van der Waals surface area contributed by atoms with Gasteiger partial charge in [-0.25, -0.2) is 0 Å². The highest BCUT2D eigenvalue weighted by atomic mass is 16.6. The van der Waals surface area contributed by atoms with Crippen LogP contribution in [0.1, 0.15) is 5.56 Å². The molecule has 9 nitrogen and oxygen atoms in total. The van der Waals surface area contributed by atoms with E-state index in [9.17, 15) is 20.0 Å². The van der Waals surface area contributed by atoms with Crippen molar-refractivity contribution in [2.45, 2.75) is 0 Å². The van der Waals surface area contributed by atoms with Crippen LogP contribution in [0.3, 0.4) is 0 Å². The predicted molar refractivity (Wildman–Crippen MR) is 101 cm³/mol. The van der Waals surface area contributed by atoms with Crippen LogP contribution in [-0.2, 0) is 9.53 Å². The van der Waals surface area contributed by atoms with Gasteiger partial charge in [0.05, 0.1) is 23.8 Å². The van der Waals surface area contributed by atoms with Crippen LogP contribution in [0.4, 0.5) is 11.4 Å². The Kier molecular flexibility index (Phi) is 6.18. The van der Waals surface area contributed by atoms with E-state index in [0.29, 0.717) is 43.3 Å².